The van der Waals surface area contributed by atoms with Crippen LogP contribution in [0.15, 0.2) is 0 Å². The van der Waals surface area contributed by atoms with Gasteiger partial charge in [-0.3, -0.25) is 0 Å². The lowest BCUT2D eigenvalue weighted by Gasteiger charge is -2.27. The molecule has 0 aromatic carbocycles. The van der Waals surface area contributed by atoms with Crippen molar-refractivity contribution in [3.05, 3.63) is 11.4 Å². The molecule has 1 fully saturated rings. The molecule has 21 heavy (non-hydrogen) atoms. The number of nitrogen functional groups attached to an aromatic ring is 1. The molecule has 1 aliphatic carbocycles. The summed E-state index contributed by atoms with van der Waals surface area (Å²) >= 11 is 0. The number of rotatable bonds is 8. The fourth-order valence-corrected chi connectivity index (χ4v) is 2.42. The molecule has 6 nitrogen and oxygen atoms in total. The van der Waals surface area contributed by atoms with Crippen LogP contribution < -0.4 is 16.2 Å². The summed E-state index contributed by atoms with van der Waals surface area (Å²) in [5.74, 6) is 9.30. The Morgan fingerprint density at radius 1 is 1.38 bits per heavy atom. The summed E-state index contributed by atoms with van der Waals surface area (Å²) in [6.45, 7) is 8.87. The van der Waals surface area contributed by atoms with Crippen LogP contribution in [-0.2, 0) is 4.74 Å². The summed E-state index contributed by atoms with van der Waals surface area (Å²) < 4.78 is 5.24. The van der Waals surface area contributed by atoms with Gasteiger partial charge in [-0.15, -0.1) is 0 Å². The van der Waals surface area contributed by atoms with Crippen molar-refractivity contribution in [2.45, 2.75) is 39.5 Å². The molecule has 1 aromatic rings. The lowest BCUT2D eigenvalue weighted by Crippen LogP contribution is -2.33. The molecule has 0 spiro atoms. The molecule has 2 rings (SSSR count). The summed E-state index contributed by atoms with van der Waals surface area (Å²) in [5, 5.41) is 0. The molecule has 0 aliphatic heterocycles. The Hall–Kier alpha value is -1.40. The Bertz CT molecular complexity index is 473. The van der Waals surface area contributed by atoms with E-state index in [1.165, 1.54) is 12.8 Å². The predicted molar refractivity (Wildman–Crippen MR) is 85.5 cm³/mol. The highest BCUT2D eigenvalue weighted by Crippen LogP contribution is 2.40. The van der Waals surface area contributed by atoms with Crippen LogP contribution in [0, 0.1) is 12.8 Å². The third kappa shape index (κ3) is 4.04. The number of ether oxygens (including phenoxy) is 1. The number of nitrogens with two attached hydrogens (primary N) is 1. The van der Waals surface area contributed by atoms with E-state index in [9.17, 15) is 0 Å². The van der Waals surface area contributed by atoms with Crippen LogP contribution in [0.2, 0.25) is 0 Å². The van der Waals surface area contributed by atoms with E-state index < -0.39 is 0 Å². The van der Waals surface area contributed by atoms with Crippen molar-refractivity contribution >= 4 is 11.6 Å². The maximum Gasteiger partial charge on any atom is 0.148 e. The number of methoxy groups -OCH3 is 1. The Labute approximate surface area is 127 Å². The van der Waals surface area contributed by atoms with Crippen molar-refractivity contribution in [2.24, 2.45) is 11.8 Å². The second kappa shape index (κ2) is 7.04. The Morgan fingerprint density at radius 3 is 2.62 bits per heavy atom. The first-order chi connectivity index (χ1) is 10.1. The van der Waals surface area contributed by atoms with Gasteiger partial charge >= 0.3 is 0 Å². The zero-order valence-corrected chi connectivity index (χ0v) is 13.5. The van der Waals surface area contributed by atoms with Gasteiger partial charge in [0, 0.05) is 31.7 Å². The Balaban J connectivity index is 2.34. The second-order valence-corrected chi connectivity index (χ2v) is 6.13. The SMILES string of the molecule is COCCN(CC(C)C)c1nc(C2CC2)nc(NN)c1C. The number of anilines is 2. The van der Waals surface area contributed by atoms with E-state index in [-0.39, 0.29) is 0 Å². The lowest BCUT2D eigenvalue weighted by molar-refractivity contribution is 0.204. The van der Waals surface area contributed by atoms with E-state index in [1.54, 1.807) is 7.11 Å². The van der Waals surface area contributed by atoms with Crippen LogP contribution in [0.1, 0.15) is 44.0 Å². The van der Waals surface area contributed by atoms with Crippen LogP contribution in [0.4, 0.5) is 11.6 Å². The highest BCUT2D eigenvalue weighted by molar-refractivity contribution is 5.58. The van der Waals surface area contributed by atoms with Crippen molar-refractivity contribution in [3.63, 3.8) is 0 Å². The van der Waals surface area contributed by atoms with E-state index >= 15 is 0 Å². The van der Waals surface area contributed by atoms with E-state index in [2.05, 4.69) is 29.2 Å². The summed E-state index contributed by atoms with van der Waals surface area (Å²) in [4.78, 5) is 11.6. The minimum Gasteiger partial charge on any atom is -0.383 e. The molecule has 0 bridgehead atoms. The molecule has 1 aromatic heterocycles. The summed E-state index contributed by atoms with van der Waals surface area (Å²) in [7, 11) is 1.73. The number of nitrogens with zero attached hydrogens (tertiary/aromatic N) is 3. The van der Waals surface area contributed by atoms with E-state index in [1.807, 2.05) is 6.92 Å². The molecule has 1 saturated carbocycles. The average Bonchev–Trinajstić information content (AvgIpc) is 3.28. The fraction of sp³-hybridized carbons (Fsp3) is 0.733. The Morgan fingerprint density at radius 2 is 2.10 bits per heavy atom. The highest BCUT2D eigenvalue weighted by Gasteiger charge is 2.29. The molecule has 3 N–H and O–H groups in total. The topological polar surface area (TPSA) is 76.3 Å². The first kappa shape index (κ1) is 16.0. The number of hydrazine groups is 1. The summed E-state index contributed by atoms with van der Waals surface area (Å²) in [6, 6.07) is 0. The second-order valence-electron chi connectivity index (χ2n) is 6.13. The van der Waals surface area contributed by atoms with Gasteiger partial charge in [-0.2, -0.15) is 0 Å². The molecule has 118 valence electrons. The van der Waals surface area contributed by atoms with Crippen LogP contribution >= 0.6 is 0 Å². The first-order valence-electron chi connectivity index (χ1n) is 7.65. The van der Waals surface area contributed by atoms with Crippen molar-refractivity contribution in [1.29, 1.82) is 0 Å². The van der Waals surface area contributed by atoms with Crippen LogP contribution in [0.5, 0.6) is 0 Å². The quantitative estimate of drug-likeness (QED) is 0.564. The zero-order chi connectivity index (χ0) is 15.4. The Kier molecular flexibility index (Phi) is 5.36. The number of aromatic nitrogens is 2. The number of hydrogen-bond donors (Lipinski definition) is 2. The van der Waals surface area contributed by atoms with Crippen molar-refractivity contribution < 1.29 is 4.74 Å². The van der Waals surface area contributed by atoms with Gasteiger partial charge < -0.3 is 15.1 Å². The number of nitrogens with one attached hydrogen (secondary N) is 1. The third-order valence-corrected chi connectivity index (χ3v) is 3.67. The van der Waals surface area contributed by atoms with Gasteiger partial charge in [0.05, 0.1) is 6.61 Å². The number of hydrogen-bond acceptors (Lipinski definition) is 6. The van der Waals surface area contributed by atoms with Gasteiger partial charge in [0.25, 0.3) is 0 Å². The van der Waals surface area contributed by atoms with Gasteiger partial charge in [-0.05, 0) is 25.7 Å². The van der Waals surface area contributed by atoms with Crippen molar-refractivity contribution in [3.8, 4) is 0 Å². The van der Waals surface area contributed by atoms with E-state index in [0.29, 0.717) is 18.4 Å². The van der Waals surface area contributed by atoms with Crippen LogP contribution in [0.25, 0.3) is 0 Å². The molecule has 0 amide bonds. The largest absolute Gasteiger partial charge is 0.383 e. The molecule has 0 saturated heterocycles. The van der Waals surface area contributed by atoms with Gasteiger partial charge in [0.1, 0.15) is 17.5 Å². The minimum absolute atomic E-state index is 0.500. The highest BCUT2D eigenvalue weighted by atomic mass is 16.5. The van der Waals surface area contributed by atoms with Crippen molar-refractivity contribution in [2.75, 3.05) is 37.1 Å². The molecule has 1 aliphatic rings. The average molecular weight is 293 g/mol. The van der Waals surface area contributed by atoms with Gasteiger partial charge in [0.2, 0.25) is 0 Å². The molecular formula is C15H27N5O. The molecule has 1 heterocycles. The lowest BCUT2D eigenvalue weighted by atomic mass is 10.2. The molecule has 0 unspecified atom stereocenters. The van der Waals surface area contributed by atoms with Gasteiger partial charge in [-0.1, -0.05) is 13.8 Å². The fourth-order valence-electron chi connectivity index (χ4n) is 2.42. The van der Waals surface area contributed by atoms with Crippen LogP contribution in [0.3, 0.4) is 0 Å². The summed E-state index contributed by atoms with van der Waals surface area (Å²) in [6.07, 6.45) is 2.35. The molecule has 0 radical (unpaired) electrons. The smallest absolute Gasteiger partial charge is 0.148 e. The maximum absolute atomic E-state index is 5.63. The maximum atomic E-state index is 5.63. The molecular weight excluding hydrogens is 266 g/mol. The third-order valence-electron chi connectivity index (χ3n) is 3.67. The monoisotopic (exact) mass is 293 g/mol. The van der Waals surface area contributed by atoms with Crippen molar-refractivity contribution in [1.82, 2.24) is 9.97 Å². The summed E-state index contributed by atoms with van der Waals surface area (Å²) in [5.41, 5.74) is 3.71. The van der Waals surface area contributed by atoms with Crippen LogP contribution in [-0.4, -0.2) is 36.8 Å². The van der Waals surface area contributed by atoms with E-state index in [0.717, 1.165) is 36.1 Å². The standard InChI is InChI=1S/C15H27N5O/c1-10(2)9-20(7-8-21-4)15-11(3)13(19-16)17-14(18-15)12-5-6-12/h10,12H,5-9,16H2,1-4H3,(H,17,18,19). The van der Waals surface area contributed by atoms with Gasteiger partial charge in [0.15, 0.2) is 0 Å². The van der Waals surface area contributed by atoms with E-state index in [4.69, 9.17) is 15.6 Å². The minimum atomic E-state index is 0.500. The zero-order valence-electron chi connectivity index (χ0n) is 13.5. The van der Waals surface area contributed by atoms with Gasteiger partial charge in [-0.25, -0.2) is 15.8 Å². The molecule has 6 heteroatoms. The predicted octanol–water partition coefficient (Wildman–Crippen LogP) is 2.06. The molecule has 0 atom stereocenters. The normalized spacial score (nSPS) is 14.6. The first-order valence-corrected chi connectivity index (χ1v) is 7.65.